The number of para-hydroxylation sites is 1. The molecule has 1 heterocycles. The zero-order valence-corrected chi connectivity index (χ0v) is 15.2. The van der Waals surface area contributed by atoms with Crippen molar-refractivity contribution in [2.75, 3.05) is 11.5 Å². The van der Waals surface area contributed by atoms with Crippen LogP contribution < -0.4 is 4.90 Å². The number of hydrogen-bond donors (Lipinski definition) is 0. The van der Waals surface area contributed by atoms with Crippen LogP contribution in [-0.2, 0) is 9.53 Å². The molecule has 1 amide bonds. The van der Waals surface area contributed by atoms with Crippen molar-refractivity contribution in [3.63, 3.8) is 0 Å². The zero-order chi connectivity index (χ0) is 18.4. The second-order valence-corrected chi connectivity index (χ2v) is 7.96. The molecule has 5 heteroatoms. The number of amides is 1. The summed E-state index contributed by atoms with van der Waals surface area (Å²) in [6.45, 7) is 8.15. The first-order valence-electron chi connectivity index (χ1n) is 8.86. The van der Waals surface area contributed by atoms with Crippen LogP contribution in [0, 0.1) is 17.3 Å². The Morgan fingerprint density at radius 1 is 1.20 bits per heavy atom. The van der Waals surface area contributed by atoms with Gasteiger partial charge in [0.2, 0.25) is 0 Å². The van der Waals surface area contributed by atoms with Gasteiger partial charge in [-0.25, -0.2) is 4.79 Å². The standard InChI is InChI=1S/C20H25NO4/c1-5-25-19(24)21-15-9-7-6-8-13(15)18(23)17-14(20(2,3)4)10-12(22)11-16(17)21/h6-9,14,16-17H,5,10-11H2,1-4H3/t14-,16+,17-/m1/s1. The number of carbonyl (C=O) groups is 3. The highest BCUT2D eigenvalue weighted by molar-refractivity contribution is 6.10. The minimum Gasteiger partial charge on any atom is -0.449 e. The molecule has 1 aromatic carbocycles. The molecule has 5 nitrogen and oxygen atoms in total. The second kappa shape index (κ2) is 6.28. The van der Waals surface area contributed by atoms with Gasteiger partial charge in [0.1, 0.15) is 5.78 Å². The Morgan fingerprint density at radius 2 is 1.88 bits per heavy atom. The zero-order valence-electron chi connectivity index (χ0n) is 15.2. The largest absolute Gasteiger partial charge is 0.449 e. The van der Waals surface area contributed by atoms with Crippen LogP contribution in [0.4, 0.5) is 10.5 Å². The molecule has 3 atom stereocenters. The van der Waals surface area contributed by atoms with Crippen molar-refractivity contribution in [2.24, 2.45) is 17.3 Å². The quantitative estimate of drug-likeness (QED) is 0.777. The first kappa shape index (κ1) is 17.6. The van der Waals surface area contributed by atoms with Crippen molar-refractivity contribution in [1.82, 2.24) is 0 Å². The van der Waals surface area contributed by atoms with E-state index < -0.39 is 12.1 Å². The maximum Gasteiger partial charge on any atom is 0.414 e. The molecule has 0 saturated heterocycles. The molecule has 134 valence electrons. The van der Waals surface area contributed by atoms with Crippen molar-refractivity contribution in [3.05, 3.63) is 29.8 Å². The minimum absolute atomic E-state index is 0.0357. The molecular weight excluding hydrogens is 318 g/mol. The van der Waals surface area contributed by atoms with Gasteiger partial charge in [0.25, 0.3) is 0 Å². The molecule has 0 N–H and O–H groups in total. The van der Waals surface area contributed by atoms with Gasteiger partial charge >= 0.3 is 6.09 Å². The van der Waals surface area contributed by atoms with Gasteiger partial charge in [-0.3, -0.25) is 14.5 Å². The number of anilines is 1. The highest BCUT2D eigenvalue weighted by atomic mass is 16.6. The predicted molar refractivity (Wildman–Crippen MR) is 94.7 cm³/mol. The van der Waals surface area contributed by atoms with E-state index in [1.54, 1.807) is 36.1 Å². The van der Waals surface area contributed by atoms with Crippen molar-refractivity contribution in [3.8, 4) is 0 Å². The van der Waals surface area contributed by atoms with Crippen molar-refractivity contribution >= 4 is 23.3 Å². The lowest BCUT2D eigenvalue weighted by atomic mass is 9.61. The molecule has 0 radical (unpaired) electrons. The molecule has 1 saturated carbocycles. The Balaban J connectivity index is 2.15. The highest BCUT2D eigenvalue weighted by Crippen LogP contribution is 2.48. The molecule has 25 heavy (non-hydrogen) atoms. The summed E-state index contributed by atoms with van der Waals surface area (Å²) in [4.78, 5) is 39.9. The number of benzene rings is 1. The average molecular weight is 343 g/mol. The van der Waals surface area contributed by atoms with E-state index in [1.165, 1.54) is 0 Å². The van der Waals surface area contributed by atoms with E-state index in [4.69, 9.17) is 4.74 Å². The lowest BCUT2D eigenvalue weighted by molar-refractivity contribution is -0.124. The average Bonchev–Trinajstić information content (AvgIpc) is 2.53. The third kappa shape index (κ3) is 2.96. The van der Waals surface area contributed by atoms with Gasteiger partial charge in [-0.15, -0.1) is 0 Å². The summed E-state index contributed by atoms with van der Waals surface area (Å²) in [5, 5.41) is 0. The molecule has 1 aliphatic heterocycles. The van der Waals surface area contributed by atoms with Crippen molar-refractivity contribution in [1.29, 1.82) is 0 Å². The van der Waals surface area contributed by atoms with Crippen LogP contribution in [0.3, 0.4) is 0 Å². The number of rotatable bonds is 1. The molecule has 1 aromatic rings. The molecule has 0 spiro atoms. The van der Waals surface area contributed by atoms with Gasteiger partial charge in [0.05, 0.1) is 18.3 Å². The number of ketones is 2. The van der Waals surface area contributed by atoms with Gasteiger partial charge in [0.15, 0.2) is 5.78 Å². The van der Waals surface area contributed by atoms with Gasteiger partial charge < -0.3 is 4.74 Å². The smallest absolute Gasteiger partial charge is 0.414 e. The maximum absolute atomic E-state index is 13.3. The third-order valence-corrected chi connectivity index (χ3v) is 5.37. The van der Waals surface area contributed by atoms with Crippen LogP contribution in [0.2, 0.25) is 0 Å². The van der Waals surface area contributed by atoms with E-state index in [9.17, 15) is 14.4 Å². The normalized spacial score (nSPS) is 26.1. The molecule has 1 aliphatic carbocycles. The van der Waals surface area contributed by atoms with Gasteiger partial charge in [-0.2, -0.15) is 0 Å². The van der Waals surface area contributed by atoms with Crippen LogP contribution in [-0.4, -0.2) is 30.3 Å². The molecule has 2 aliphatic rings. The SMILES string of the molecule is CCOC(=O)N1c2ccccc2C(=O)[C@@H]2[C@H](C(C)(C)C)CC(=O)C[C@@H]21. The minimum atomic E-state index is -0.486. The number of carbonyl (C=O) groups excluding carboxylic acids is 3. The van der Waals surface area contributed by atoms with E-state index in [0.29, 0.717) is 17.7 Å². The van der Waals surface area contributed by atoms with Gasteiger partial charge in [-0.1, -0.05) is 32.9 Å². The molecule has 0 bridgehead atoms. The Morgan fingerprint density at radius 3 is 2.52 bits per heavy atom. The summed E-state index contributed by atoms with van der Waals surface area (Å²) in [6.07, 6.45) is 0.102. The second-order valence-electron chi connectivity index (χ2n) is 7.96. The number of hydrogen-bond acceptors (Lipinski definition) is 4. The third-order valence-electron chi connectivity index (χ3n) is 5.37. The summed E-state index contributed by atoms with van der Waals surface area (Å²) in [7, 11) is 0. The fourth-order valence-corrected chi connectivity index (χ4v) is 4.22. The number of fused-ring (bicyclic) bond motifs is 2. The Bertz CT molecular complexity index is 719. The Labute approximate surface area is 148 Å². The van der Waals surface area contributed by atoms with Crippen LogP contribution in [0.1, 0.15) is 50.9 Å². The lowest BCUT2D eigenvalue weighted by Gasteiger charge is -2.49. The van der Waals surface area contributed by atoms with Crippen LogP contribution in [0.25, 0.3) is 0 Å². The Kier molecular flexibility index (Phi) is 4.43. The number of Topliss-reactive ketones (excluding diaryl/α,β-unsaturated/α-hetero) is 2. The summed E-state index contributed by atoms with van der Waals surface area (Å²) in [5.41, 5.74) is 0.885. The lowest BCUT2D eigenvalue weighted by Crippen LogP contribution is -2.58. The van der Waals surface area contributed by atoms with E-state index in [-0.39, 0.29) is 41.8 Å². The van der Waals surface area contributed by atoms with Crippen molar-refractivity contribution < 1.29 is 19.1 Å². The topological polar surface area (TPSA) is 63.7 Å². The monoisotopic (exact) mass is 343 g/mol. The predicted octanol–water partition coefficient (Wildman–Crippen LogP) is 3.86. The number of ether oxygens (including phenoxy) is 1. The first-order valence-corrected chi connectivity index (χ1v) is 8.86. The summed E-state index contributed by atoms with van der Waals surface area (Å²) < 4.78 is 5.24. The molecule has 0 unspecified atom stereocenters. The molecule has 1 fully saturated rings. The van der Waals surface area contributed by atoms with E-state index in [0.717, 1.165) is 0 Å². The Hall–Kier alpha value is -2.17. The van der Waals surface area contributed by atoms with Gasteiger partial charge in [0, 0.05) is 24.3 Å². The van der Waals surface area contributed by atoms with Crippen molar-refractivity contribution in [2.45, 2.75) is 46.6 Å². The highest BCUT2D eigenvalue weighted by Gasteiger charge is 2.53. The molecule has 3 rings (SSSR count). The maximum atomic E-state index is 13.3. The van der Waals surface area contributed by atoms with Crippen LogP contribution in [0.15, 0.2) is 24.3 Å². The van der Waals surface area contributed by atoms with Crippen LogP contribution in [0.5, 0.6) is 0 Å². The first-order chi connectivity index (χ1) is 11.8. The fraction of sp³-hybridized carbons (Fsp3) is 0.550. The summed E-state index contributed by atoms with van der Waals surface area (Å²) in [5.74, 6) is -0.343. The molecule has 0 aromatic heterocycles. The summed E-state index contributed by atoms with van der Waals surface area (Å²) in [6, 6.07) is 6.65. The fourth-order valence-electron chi connectivity index (χ4n) is 4.22. The van der Waals surface area contributed by atoms with E-state index in [2.05, 4.69) is 20.8 Å². The number of nitrogens with zero attached hydrogens (tertiary/aromatic N) is 1. The van der Waals surface area contributed by atoms with E-state index >= 15 is 0 Å². The van der Waals surface area contributed by atoms with Gasteiger partial charge in [-0.05, 0) is 30.4 Å². The summed E-state index contributed by atoms with van der Waals surface area (Å²) >= 11 is 0. The van der Waals surface area contributed by atoms with E-state index in [1.807, 2.05) is 0 Å². The van der Waals surface area contributed by atoms with Crippen LogP contribution >= 0.6 is 0 Å². The molecular formula is C20H25NO4.